The number of thiazole rings is 1. The fraction of sp³-hybridized carbons (Fsp3) is 0.167. The number of ether oxygens (including phenoxy) is 1. The Morgan fingerprint density at radius 2 is 2.28 bits per heavy atom. The molecule has 0 aliphatic carbocycles. The molecule has 0 spiro atoms. The van der Waals surface area contributed by atoms with Crippen molar-refractivity contribution < 1.29 is 13.5 Å². The SMILES string of the molecule is N#CCc1nc(-c2cccc(OC(F)F)c2)cs1. The summed E-state index contributed by atoms with van der Waals surface area (Å²) in [6.45, 7) is -2.84. The van der Waals surface area contributed by atoms with E-state index >= 15 is 0 Å². The van der Waals surface area contributed by atoms with Gasteiger partial charge >= 0.3 is 6.61 Å². The van der Waals surface area contributed by atoms with Gasteiger partial charge < -0.3 is 4.74 Å². The van der Waals surface area contributed by atoms with Crippen LogP contribution in [0.15, 0.2) is 29.6 Å². The number of nitrogens with zero attached hydrogens (tertiary/aromatic N) is 2. The highest BCUT2D eigenvalue weighted by atomic mass is 32.1. The Balaban J connectivity index is 2.24. The predicted octanol–water partition coefficient (Wildman–Crippen LogP) is 3.48. The normalized spacial score (nSPS) is 10.3. The lowest BCUT2D eigenvalue weighted by Gasteiger charge is -2.05. The van der Waals surface area contributed by atoms with Gasteiger partial charge in [-0.15, -0.1) is 11.3 Å². The van der Waals surface area contributed by atoms with E-state index in [1.165, 1.54) is 23.5 Å². The number of benzene rings is 1. The Morgan fingerprint density at radius 1 is 1.44 bits per heavy atom. The molecule has 3 nitrogen and oxygen atoms in total. The zero-order valence-electron chi connectivity index (χ0n) is 9.14. The van der Waals surface area contributed by atoms with Crippen molar-refractivity contribution in [2.45, 2.75) is 13.0 Å². The molecule has 92 valence electrons. The Kier molecular flexibility index (Phi) is 3.85. The third-order valence-electron chi connectivity index (χ3n) is 2.14. The topological polar surface area (TPSA) is 45.9 Å². The summed E-state index contributed by atoms with van der Waals surface area (Å²) in [5.41, 5.74) is 1.35. The molecule has 0 aliphatic rings. The van der Waals surface area contributed by atoms with Crippen LogP contribution in [0, 0.1) is 11.3 Å². The molecule has 2 rings (SSSR count). The van der Waals surface area contributed by atoms with Crippen LogP contribution in [0.25, 0.3) is 11.3 Å². The number of halogens is 2. The Morgan fingerprint density at radius 3 is 3.00 bits per heavy atom. The molecule has 18 heavy (non-hydrogen) atoms. The third-order valence-corrected chi connectivity index (χ3v) is 2.99. The van der Waals surface area contributed by atoms with E-state index < -0.39 is 6.61 Å². The summed E-state index contributed by atoms with van der Waals surface area (Å²) in [5.74, 6) is 0.0948. The Labute approximate surface area is 106 Å². The second-order valence-corrected chi connectivity index (χ2v) is 4.31. The van der Waals surface area contributed by atoms with Gasteiger partial charge in [-0.2, -0.15) is 14.0 Å². The molecule has 0 unspecified atom stereocenters. The van der Waals surface area contributed by atoms with Gasteiger partial charge in [-0.3, -0.25) is 0 Å². The van der Waals surface area contributed by atoms with Crippen molar-refractivity contribution in [2.24, 2.45) is 0 Å². The fourth-order valence-electron chi connectivity index (χ4n) is 1.42. The Hall–Kier alpha value is -2.00. The lowest BCUT2D eigenvalue weighted by molar-refractivity contribution is -0.0498. The molecule has 0 bridgehead atoms. The number of rotatable bonds is 4. The molecule has 0 atom stereocenters. The smallest absolute Gasteiger partial charge is 0.387 e. The van der Waals surface area contributed by atoms with Gasteiger partial charge in [-0.05, 0) is 12.1 Å². The van der Waals surface area contributed by atoms with Crippen LogP contribution in [-0.2, 0) is 6.42 Å². The first kappa shape index (κ1) is 12.5. The van der Waals surface area contributed by atoms with E-state index in [4.69, 9.17) is 5.26 Å². The van der Waals surface area contributed by atoms with E-state index in [1.54, 1.807) is 17.5 Å². The lowest BCUT2D eigenvalue weighted by Crippen LogP contribution is -2.01. The van der Waals surface area contributed by atoms with Crippen LogP contribution >= 0.6 is 11.3 Å². The molecule has 0 saturated carbocycles. The van der Waals surface area contributed by atoms with Crippen molar-refractivity contribution >= 4 is 11.3 Å². The van der Waals surface area contributed by atoms with Crippen molar-refractivity contribution in [1.29, 1.82) is 5.26 Å². The summed E-state index contributed by atoms with van der Waals surface area (Å²) in [7, 11) is 0. The maximum Gasteiger partial charge on any atom is 0.387 e. The summed E-state index contributed by atoms with van der Waals surface area (Å²) < 4.78 is 28.5. The molecule has 0 radical (unpaired) electrons. The summed E-state index contributed by atoms with van der Waals surface area (Å²) in [5, 5.41) is 11.0. The highest BCUT2D eigenvalue weighted by molar-refractivity contribution is 7.10. The predicted molar refractivity (Wildman–Crippen MR) is 63.5 cm³/mol. The highest BCUT2D eigenvalue weighted by Crippen LogP contribution is 2.26. The van der Waals surface area contributed by atoms with E-state index in [0.717, 1.165) is 0 Å². The molecule has 0 saturated heterocycles. The average Bonchev–Trinajstić information content (AvgIpc) is 2.78. The average molecular weight is 266 g/mol. The van der Waals surface area contributed by atoms with Gasteiger partial charge in [-0.25, -0.2) is 4.98 Å². The third kappa shape index (κ3) is 3.02. The lowest BCUT2D eigenvalue weighted by atomic mass is 10.2. The van der Waals surface area contributed by atoms with Gasteiger partial charge in [-0.1, -0.05) is 12.1 Å². The standard InChI is InChI=1S/C12H8F2N2OS/c13-12(14)17-9-3-1-2-8(6-9)10-7-18-11(16-10)4-5-15/h1-3,6-7,12H,4H2. The summed E-state index contributed by atoms with van der Waals surface area (Å²) in [4.78, 5) is 4.24. The second-order valence-electron chi connectivity index (χ2n) is 3.37. The molecular weight excluding hydrogens is 258 g/mol. The molecule has 1 aromatic heterocycles. The van der Waals surface area contributed by atoms with Gasteiger partial charge in [0.25, 0.3) is 0 Å². The maximum absolute atomic E-state index is 12.1. The van der Waals surface area contributed by atoms with Crippen molar-refractivity contribution in [2.75, 3.05) is 0 Å². The largest absolute Gasteiger partial charge is 0.435 e. The minimum absolute atomic E-state index is 0.0948. The van der Waals surface area contributed by atoms with Crippen LogP contribution in [0.5, 0.6) is 5.75 Å². The number of hydrogen-bond acceptors (Lipinski definition) is 4. The van der Waals surface area contributed by atoms with Crippen LogP contribution in [0.3, 0.4) is 0 Å². The molecule has 0 fully saturated rings. The summed E-state index contributed by atoms with van der Waals surface area (Å²) in [6, 6.07) is 8.34. The highest BCUT2D eigenvalue weighted by Gasteiger charge is 2.08. The van der Waals surface area contributed by atoms with Crippen LogP contribution < -0.4 is 4.74 Å². The van der Waals surface area contributed by atoms with Crippen molar-refractivity contribution in [3.63, 3.8) is 0 Å². The van der Waals surface area contributed by atoms with Gasteiger partial charge in [0.2, 0.25) is 0 Å². The van der Waals surface area contributed by atoms with Crippen molar-refractivity contribution in [3.05, 3.63) is 34.7 Å². The van der Waals surface area contributed by atoms with E-state index in [-0.39, 0.29) is 12.2 Å². The van der Waals surface area contributed by atoms with E-state index in [1.807, 2.05) is 6.07 Å². The van der Waals surface area contributed by atoms with E-state index in [9.17, 15) is 8.78 Å². The van der Waals surface area contributed by atoms with Gasteiger partial charge in [0.1, 0.15) is 10.8 Å². The Bertz CT molecular complexity index is 577. The number of aromatic nitrogens is 1. The number of nitriles is 1. The van der Waals surface area contributed by atoms with Gasteiger partial charge in [0.05, 0.1) is 18.2 Å². The summed E-state index contributed by atoms with van der Waals surface area (Å²) in [6.07, 6.45) is 0.248. The second kappa shape index (κ2) is 5.56. The molecule has 0 N–H and O–H groups in total. The first-order chi connectivity index (χ1) is 8.69. The summed E-state index contributed by atoms with van der Waals surface area (Å²) >= 11 is 1.37. The zero-order valence-corrected chi connectivity index (χ0v) is 9.95. The minimum atomic E-state index is -2.84. The molecule has 1 aromatic carbocycles. The molecule has 6 heteroatoms. The number of alkyl halides is 2. The van der Waals surface area contributed by atoms with Crippen LogP contribution in [0.1, 0.15) is 5.01 Å². The van der Waals surface area contributed by atoms with Crippen LogP contribution in [0.2, 0.25) is 0 Å². The molecule has 0 amide bonds. The first-order valence-corrected chi connectivity index (χ1v) is 5.93. The molecule has 0 aliphatic heterocycles. The van der Waals surface area contributed by atoms with Crippen LogP contribution in [-0.4, -0.2) is 11.6 Å². The monoisotopic (exact) mass is 266 g/mol. The van der Waals surface area contributed by atoms with Gasteiger partial charge in [0.15, 0.2) is 0 Å². The molecule has 1 heterocycles. The van der Waals surface area contributed by atoms with E-state index in [2.05, 4.69) is 9.72 Å². The molecule has 2 aromatic rings. The van der Waals surface area contributed by atoms with Crippen LogP contribution in [0.4, 0.5) is 8.78 Å². The fourth-order valence-corrected chi connectivity index (χ4v) is 2.16. The zero-order chi connectivity index (χ0) is 13.0. The minimum Gasteiger partial charge on any atom is -0.435 e. The quantitative estimate of drug-likeness (QED) is 0.851. The molecular formula is C12H8F2N2OS. The maximum atomic E-state index is 12.1. The van der Waals surface area contributed by atoms with Gasteiger partial charge in [0, 0.05) is 10.9 Å². The van der Waals surface area contributed by atoms with Crippen molar-refractivity contribution in [3.8, 4) is 23.1 Å². The first-order valence-electron chi connectivity index (χ1n) is 5.05. The number of hydrogen-bond donors (Lipinski definition) is 0. The van der Waals surface area contributed by atoms with E-state index in [0.29, 0.717) is 16.3 Å². The van der Waals surface area contributed by atoms with Crippen molar-refractivity contribution in [1.82, 2.24) is 4.98 Å².